The first-order valence-electron chi connectivity index (χ1n) is 3.94. The molecule has 0 spiro atoms. The molecule has 0 unspecified atom stereocenters. The predicted molar refractivity (Wildman–Crippen MR) is 46.7 cm³/mol. The maximum Gasteiger partial charge on any atom is 0.148 e. The summed E-state index contributed by atoms with van der Waals surface area (Å²) in [5.41, 5.74) is 0.772. The van der Waals surface area contributed by atoms with Gasteiger partial charge in [0.05, 0.1) is 11.4 Å². The number of rotatable bonds is 0. The minimum atomic E-state index is -0.469. The van der Waals surface area contributed by atoms with Crippen LogP contribution >= 0.6 is 0 Å². The molecule has 0 aliphatic rings. The van der Waals surface area contributed by atoms with Gasteiger partial charge >= 0.3 is 0 Å². The fourth-order valence-corrected chi connectivity index (χ4v) is 0.691. The van der Waals surface area contributed by atoms with E-state index in [4.69, 9.17) is 5.11 Å². The van der Waals surface area contributed by atoms with Crippen LogP contribution in [0.2, 0.25) is 0 Å². The Morgan fingerprint density at radius 2 is 1.75 bits per heavy atom. The molecule has 0 atom stereocenters. The molecule has 12 heavy (non-hydrogen) atoms. The SMILES string of the molecule is CC.Cc1nc(C)c(F)cc1O. The lowest BCUT2D eigenvalue weighted by atomic mass is 10.3. The topological polar surface area (TPSA) is 33.1 Å². The number of hydrogen-bond donors (Lipinski definition) is 1. The van der Waals surface area contributed by atoms with Crippen LogP contribution in [-0.2, 0) is 0 Å². The van der Waals surface area contributed by atoms with Gasteiger partial charge in [-0.3, -0.25) is 4.98 Å². The third-order valence-electron chi connectivity index (χ3n) is 1.32. The van der Waals surface area contributed by atoms with Gasteiger partial charge in [0.15, 0.2) is 0 Å². The zero-order valence-corrected chi connectivity index (χ0v) is 7.85. The molecule has 0 bridgehead atoms. The van der Waals surface area contributed by atoms with E-state index in [1.165, 1.54) is 0 Å². The molecular formula is C9H14FNO. The zero-order valence-electron chi connectivity index (χ0n) is 7.85. The number of pyridine rings is 1. The molecule has 0 fully saturated rings. The van der Waals surface area contributed by atoms with Gasteiger partial charge in [-0.05, 0) is 13.8 Å². The van der Waals surface area contributed by atoms with Crippen molar-refractivity contribution in [3.05, 3.63) is 23.3 Å². The van der Waals surface area contributed by atoms with Crippen LogP contribution in [-0.4, -0.2) is 10.1 Å². The predicted octanol–water partition coefficient (Wildman–Crippen LogP) is 2.57. The van der Waals surface area contributed by atoms with E-state index in [-0.39, 0.29) is 5.75 Å². The largest absolute Gasteiger partial charge is 0.506 e. The number of aromatic nitrogens is 1. The summed E-state index contributed by atoms with van der Waals surface area (Å²) in [6, 6.07) is 1.07. The van der Waals surface area contributed by atoms with Crippen LogP contribution in [0.3, 0.4) is 0 Å². The summed E-state index contributed by atoms with van der Waals surface area (Å²) < 4.78 is 12.5. The molecule has 0 amide bonds. The Balaban J connectivity index is 0.000000561. The fourth-order valence-electron chi connectivity index (χ4n) is 0.691. The lowest BCUT2D eigenvalue weighted by molar-refractivity contribution is 0.458. The Morgan fingerprint density at radius 3 is 2.17 bits per heavy atom. The summed E-state index contributed by atoms with van der Waals surface area (Å²) in [4.78, 5) is 3.75. The number of halogens is 1. The van der Waals surface area contributed by atoms with Gasteiger partial charge in [0, 0.05) is 6.07 Å². The van der Waals surface area contributed by atoms with E-state index >= 15 is 0 Å². The molecule has 68 valence electrons. The average Bonchev–Trinajstić information content (AvgIpc) is 2.05. The van der Waals surface area contributed by atoms with E-state index < -0.39 is 5.82 Å². The highest BCUT2D eigenvalue weighted by Gasteiger charge is 2.02. The number of nitrogens with zero attached hydrogens (tertiary/aromatic N) is 1. The van der Waals surface area contributed by atoms with E-state index in [1.807, 2.05) is 13.8 Å². The summed E-state index contributed by atoms with van der Waals surface area (Å²) in [7, 11) is 0. The first-order chi connectivity index (χ1) is 5.61. The summed E-state index contributed by atoms with van der Waals surface area (Å²) in [5, 5.41) is 8.92. The molecule has 2 nitrogen and oxygen atoms in total. The van der Waals surface area contributed by atoms with Gasteiger partial charge in [-0.25, -0.2) is 4.39 Å². The van der Waals surface area contributed by atoms with Gasteiger partial charge in [0.1, 0.15) is 11.6 Å². The van der Waals surface area contributed by atoms with Crippen molar-refractivity contribution in [3.63, 3.8) is 0 Å². The van der Waals surface area contributed by atoms with Crippen LogP contribution in [0.5, 0.6) is 5.75 Å². The maximum atomic E-state index is 12.5. The highest BCUT2D eigenvalue weighted by atomic mass is 19.1. The number of aryl methyl sites for hydroxylation is 2. The molecule has 1 heterocycles. The second-order valence-electron chi connectivity index (χ2n) is 2.16. The van der Waals surface area contributed by atoms with Crippen molar-refractivity contribution in [2.24, 2.45) is 0 Å². The smallest absolute Gasteiger partial charge is 0.148 e. The van der Waals surface area contributed by atoms with E-state index in [9.17, 15) is 4.39 Å². The van der Waals surface area contributed by atoms with Gasteiger partial charge < -0.3 is 5.11 Å². The Hall–Kier alpha value is -1.12. The molecule has 0 radical (unpaired) electrons. The van der Waals surface area contributed by atoms with Gasteiger partial charge in [-0.15, -0.1) is 0 Å². The van der Waals surface area contributed by atoms with Gasteiger partial charge in [0.25, 0.3) is 0 Å². The van der Waals surface area contributed by atoms with Crippen LogP contribution in [0.25, 0.3) is 0 Å². The van der Waals surface area contributed by atoms with Crippen molar-refractivity contribution in [1.82, 2.24) is 4.98 Å². The van der Waals surface area contributed by atoms with Crippen LogP contribution in [0.15, 0.2) is 6.07 Å². The first-order valence-corrected chi connectivity index (χ1v) is 3.94. The average molecular weight is 171 g/mol. The molecular weight excluding hydrogens is 157 g/mol. The van der Waals surface area contributed by atoms with Crippen LogP contribution in [0.1, 0.15) is 25.2 Å². The van der Waals surface area contributed by atoms with Gasteiger partial charge in [-0.1, -0.05) is 13.8 Å². The van der Waals surface area contributed by atoms with E-state index in [0.717, 1.165) is 6.07 Å². The third kappa shape index (κ3) is 2.49. The molecule has 0 saturated carbocycles. The summed E-state index contributed by atoms with van der Waals surface area (Å²) >= 11 is 0. The van der Waals surface area contributed by atoms with Crippen LogP contribution < -0.4 is 0 Å². The minimum Gasteiger partial charge on any atom is -0.506 e. The lowest BCUT2D eigenvalue weighted by Gasteiger charge is -1.99. The fraction of sp³-hybridized carbons (Fsp3) is 0.444. The van der Waals surface area contributed by atoms with Crippen molar-refractivity contribution >= 4 is 0 Å². The van der Waals surface area contributed by atoms with Crippen molar-refractivity contribution < 1.29 is 9.50 Å². The number of hydrogen-bond acceptors (Lipinski definition) is 2. The maximum absolute atomic E-state index is 12.5. The molecule has 0 aliphatic carbocycles. The van der Waals surface area contributed by atoms with Crippen molar-refractivity contribution in [1.29, 1.82) is 0 Å². The summed E-state index contributed by atoms with van der Waals surface area (Å²) in [6.45, 7) is 7.18. The third-order valence-corrected chi connectivity index (χ3v) is 1.32. The molecule has 1 aromatic heterocycles. The Bertz CT molecular complexity index is 211. The minimum absolute atomic E-state index is 0.0944. The Kier molecular flexibility index (Phi) is 4.26. The summed E-state index contributed by atoms with van der Waals surface area (Å²) in [6.07, 6.45) is 0. The van der Waals surface area contributed by atoms with Crippen LogP contribution in [0, 0.1) is 19.7 Å². The van der Waals surface area contributed by atoms with Crippen molar-refractivity contribution in [3.8, 4) is 5.75 Å². The molecule has 0 aromatic carbocycles. The summed E-state index contributed by atoms with van der Waals surface area (Å²) in [5.74, 6) is -0.564. The second kappa shape index (κ2) is 4.70. The Labute approximate surface area is 72.1 Å². The normalized spacial score (nSPS) is 8.75. The van der Waals surface area contributed by atoms with E-state index in [2.05, 4.69) is 4.98 Å². The highest BCUT2D eigenvalue weighted by Crippen LogP contribution is 2.15. The van der Waals surface area contributed by atoms with Crippen molar-refractivity contribution in [2.75, 3.05) is 0 Å². The quantitative estimate of drug-likeness (QED) is 0.650. The molecule has 0 saturated heterocycles. The highest BCUT2D eigenvalue weighted by molar-refractivity contribution is 5.27. The molecule has 0 aliphatic heterocycles. The molecule has 1 aromatic rings. The van der Waals surface area contributed by atoms with E-state index in [0.29, 0.717) is 11.4 Å². The van der Waals surface area contributed by atoms with Crippen LogP contribution in [0.4, 0.5) is 4.39 Å². The van der Waals surface area contributed by atoms with Gasteiger partial charge in [-0.2, -0.15) is 0 Å². The monoisotopic (exact) mass is 171 g/mol. The van der Waals surface area contributed by atoms with Crippen molar-refractivity contribution in [2.45, 2.75) is 27.7 Å². The second-order valence-corrected chi connectivity index (χ2v) is 2.16. The number of aromatic hydroxyl groups is 1. The zero-order chi connectivity index (χ0) is 9.72. The lowest BCUT2D eigenvalue weighted by Crippen LogP contribution is -1.90. The standard InChI is InChI=1S/C7H8FNO.C2H6/c1-4-6(8)3-7(10)5(2)9-4;1-2/h3,10H,1-2H3;1-2H3. The van der Waals surface area contributed by atoms with Gasteiger partial charge in [0.2, 0.25) is 0 Å². The molecule has 1 N–H and O–H groups in total. The molecule has 3 heteroatoms. The Morgan fingerprint density at radius 1 is 1.25 bits per heavy atom. The molecule has 1 rings (SSSR count). The first kappa shape index (κ1) is 10.9. The van der Waals surface area contributed by atoms with E-state index in [1.54, 1.807) is 13.8 Å².